The summed E-state index contributed by atoms with van der Waals surface area (Å²) in [6.07, 6.45) is 9.73. The lowest BCUT2D eigenvalue weighted by atomic mass is 9.32. The Hall–Kier alpha value is 0.0649. The Morgan fingerprint density at radius 2 is 1.47 bits per heavy atom. The maximum Gasteiger partial charge on any atom is 0.126 e. The van der Waals surface area contributed by atoms with E-state index in [4.69, 9.17) is 0 Å². The fourth-order valence-electron chi connectivity index (χ4n) is 3.16. The molecule has 2 atom stereocenters. The first kappa shape index (κ1) is 15.1. The van der Waals surface area contributed by atoms with Gasteiger partial charge >= 0.3 is 0 Å². The second-order valence-electron chi connectivity index (χ2n) is 7.73. The van der Waals surface area contributed by atoms with Crippen molar-refractivity contribution >= 4 is 7.28 Å². The molecule has 0 N–H and O–H groups in total. The summed E-state index contributed by atoms with van der Waals surface area (Å²) < 4.78 is 0. The van der Waals surface area contributed by atoms with Crippen LogP contribution in [0.15, 0.2) is 0 Å². The smallest absolute Gasteiger partial charge is 0.0669 e. The van der Waals surface area contributed by atoms with Crippen LogP contribution in [0.2, 0.25) is 10.6 Å². The molecule has 1 heterocycles. The molecule has 1 rings (SSSR count). The van der Waals surface area contributed by atoms with E-state index in [1.54, 1.807) is 0 Å². The van der Waals surface area contributed by atoms with E-state index < -0.39 is 0 Å². The van der Waals surface area contributed by atoms with Gasteiger partial charge in [-0.15, -0.1) is 0 Å². The van der Waals surface area contributed by atoms with Gasteiger partial charge in [-0.25, -0.2) is 0 Å². The highest BCUT2D eigenvalue weighted by Crippen LogP contribution is 2.55. The molecule has 0 spiro atoms. The highest BCUT2D eigenvalue weighted by Gasteiger charge is 2.42. The molecule has 1 saturated heterocycles. The molecule has 1 aliphatic heterocycles. The van der Waals surface area contributed by atoms with Gasteiger partial charge in [-0.3, -0.25) is 0 Å². The summed E-state index contributed by atoms with van der Waals surface area (Å²) in [6, 6.07) is 0. The number of hydrogen-bond donors (Lipinski definition) is 0. The molecule has 0 aliphatic carbocycles. The van der Waals surface area contributed by atoms with Crippen molar-refractivity contribution in [1.29, 1.82) is 0 Å². The van der Waals surface area contributed by atoms with Gasteiger partial charge in [0.15, 0.2) is 0 Å². The first-order valence-corrected chi connectivity index (χ1v) is 7.60. The zero-order chi connectivity index (χ0) is 13.2. The fourth-order valence-corrected chi connectivity index (χ4v) is 3.16. The van der Waals surface area contributed by atoms with Crippen molar-refractivity contribution in [3.8, 4) is 0 Å². The van der Waals surface area contributed by atoms with Crippen LogP contribution in [0.5, 0.6) is 0 Å². The summed E-state index contributed by atoms with van der Waals surface area (Å²) in [5.41, 5.74) is 0.383. The van der Waals surface area contributed by atoms with Gasteiger partial charge in [0.1, 0.15) is 7.28 Å². The maximum atomic E-state index is 2.73. The molecule has 0 bridgehead atoms. The van der Waals surface area contributed by atoms with Crippen molar-refractivity contribution in [3.05, 3.63) is 0 Å². The predicted molar refractivity (Wildman–Crippen MR) is 79.9 cm³/mol. The molecular formula is C16H32B. The summed E-state index contributed by atoms with van der Waals surface area (Å²) in [6.45, 7) is 14.6. The summed E-state index contributed by atoms with van der Waals surface area (Å²) in [5.74, 6) is 0. The largest absolute Gasteiger partial charge is 0.126 e. The van der Waals surface area contributed by atoms with Gasteiger partial charge in [0.2, 0.25) is 0 Å². The van der Waals surface area contributed by atoms with Crippen molar-refractivity contribution in [2.75, 3.05) is 0 Å². The predicted octanol–water partition coefficient (Wildman–Crippen LogP) is 5.86. The zero-order valence-electron chi connectivity index (χ0n) is 13.0. The van der Waals surface area contributed by atoms with Gasteiger partial charge in [0.25, 0.3) is 0 Å². The minimum atomic E-state index is 0.383. The molecule has 0 aromatic rings. The van der Waals surface area contributed by atoms with Crippen LogP contribution in [0.25, 0.3) is 0 Å². The van der Waals surface area contributed by atoms with Crippen LogP contribution < -0.4 is 0 Å². The second-order valence-corrected chi connectivity index (χ2v) is 7.73. The van der Waals surface area contributed by atoms with Crippen molar-refractivity contribution < 1.29 is 0 Å². The van der Waals surface area contributed by atoms with Gasteiger partial charge in [-0.1, -0.05) is 97.1 Å². The van der Waals surface area contributed by atoms with Gasteiger partial charge in [-0.2, -0.15) is 0 Å². The minimum Gasteiger partial charge on any atom is -0.0669 e. The topological polar surface area (TPSA) is 0 Å². The van der Waals surface area contributed by atoms with Crippen LogP contribution >= 0.6 is 0 Å². The Kier molecular flexibility index (Phi) is 4.77. The van der Waals surface area contributed by atoms with E-state index >= 15 is 0 Å². The third kappa shape index (κ3) is 3.76. The average Bonchev–Trinajstić information content (AvgIpc) is 2.28. The highest BCUT2D eigenvalue weighted by molar-refractivity contribution is 6.44. The molecule has 1 aliphatic rings. The molecule has 1 fully saturated rings. The third-order valence-electron chi connectivity index (χ3n) is 5.38. The van der Waals surface area contributed by atoms with Crippen LogP contribution in [-0.4, -0.2) is 7.28 Å². The molecule has 2 unspecified atom stereocenters. The fraction of sp³-hybridized carbons (Fsp3) is 1.00. The van der Waals surface area contributed by atoms with Crippen molar-refractivity contribution in [2.24, 2.45) is 5.41 Å². The van der Waals surface area contributed by atoms with Crippen LogP contribution in [0.4, 0.5) is 0 Å². The number of rotatable bonds is 1. The lowest BCUT2D eigenvalue weighted by molar-refractivity contribution is 0.252. The minimum absolute atomic E-state index is 0.383. The molecular weight excluding hydrogens is 203 g/mol. The molecule has 1 radical (unpaired) electrons. The van der Waals surface area contributed by atoms with Gasteiger partial charge < -0.3 is 0 Å². The summed E-state index contributed by atoms with van der Waals surface area (Å²) in [5, 5.41) is 0.842. The Morgan fingerprint density at radius 1 is 0.941 bits per heavy atom. The average molecular weight is 235 g/mol. The van der Waals surface area contributed by atoms with Gasteiger partial charge in [0, 0.05) is 0 Å². The second kappa shape index (κ2) is 5.37. The Labute approximate surface area is 110 Å². The number of hydrogen-bond acceptors (Lipinski definition) is 0. The van der Waals surface area contributed by atoms with E-state index in [1.807, 2.05) is 0 Å². The van der Waals surface area contributed by atoms with E-state index in [-0.39, 0.29) is 0 Å². The van der Waals surface area contributed by atoms with Crippen LogP contribution in [0.3, 0.4) is 0 Å². The first-order chi connectivity index (χ1) is 7.72. The Balaban J connectivity index is 2.93. The molecule has 0 amide bonds. The van der Waals surface area contributed by atoms with Gasteiger partial charge in [0.05, 0.1) is 0 Å². The maximum absolute atomic E-state index is 2.73. The van der Waals surface area contributed by atoms with Gasteiger partial charge in [-0.05, 0) is 5.41 Å². The van der Waals surface area contributed by atoms with Crippen LogP contribution in [0, 0.1) is 5.41 Å². The molecule has 17 heavy (non-hydrogen) atoms. The van der Waals surface area contributed by atoms with Crippen LogP contribution in [0.1, 0.15) is 86.5 Å². The monoisotopic (exact) mass is 235 g/mol. The standard InChI is InChI=1S/C16H32B/c1-7-15(5)12-10-8-9-11-13-16(6,17-15)14(2,3)4/h7-13H2,1-6H3. The lowest BCUT2D eigenvalue weighted by Crippen LogP contribution is -2.37. The van der Waals surface area contributed by atoms with Crippen molar-refractivity contribution in [2.45, 2.75) is 97.1 Å². The normalized spacial score (nSPS) is 36.6. The van der Waals surface area contributed by atoms with Crippen molar-refractivity contribution in [1.82, 2.24) is 0 Å². The molecule has 0 saturated carbocycles. The Morgan fingerprint density at radius 3 is 1.94 bits per heavy atom. The molecule has 0 nitrogen and oxygen atoms in total. The van der Waals surface area contributed by atoms with E-state index in [2.05, 4.69) is 48.8 Å². The van der Waals surface area contributed by atoms with E-state index in [0.29, 0.717) is 16.0 Å². The summed E-state index contributed by atoms with van der Waals surface area (Å²) >= 11 is 0. The van der Waals surface area contributed by atoms with E-state index in [1.165, 1.54) is 44.9 Å². The van der Waals surface area contributed by atoms with E-state index in [0.717, 1.165) is 0 Å². The molecule has 99 valence electrons. The third-order valence-corrected chi connectivity index (χ3v) is 5.38. The summed E-state index contributed by atoms with van der Waals surface area (Å²) in [4.78, 5) is 0. The van der Waals surface area contributed by atoms with Crippen molar-refractivity contribution in [3.63, 3.8) is 0 Å². The SMILES string of the molecule is CCC1(C)[B]C(C)(C(C)(C)C)CCCCCC1. The Bertz CT molecular complexity index is 240. The molecule has 1 heteroatoms. The van der Waals surface area contributed by atoms with E-state index in [9.17, 15) is 0 Å². The first-order valence-electron chi connectivity index (χ1n) is 7.60. The highest BCUT2D eigenvalue weighted by atomic mass is 14.4. The quantitative estimate of drug-likeness (QED) is 0.499. The molecule has 0 aromatic carbocycles. The zero-order valence-corrected chi connectivity index (χ0v) is 13.0. The summed E-state index contributed by atoms with van der Waals surface area (Å²) in [7, 11) is 2.73. The molecule has 0 aromatic heterocycles. The van der Waals surface area contributed by atoms with Crippen LogP contribution in [-0.2, 0) is 0 Å². The lowest BCUT2D eigenvalue weighted by Gasteiger charge is -2.47.